The van der Waals surface area contributed by atoms with Gasteiger partial charge in [-0.3, -0.25) is 9.59 Å². The number of nitrogens with zero attached hydrogens (tertiary/aromatic N) is 1. The number of Topliss-reactive ketones (excluding diaryl/α,β-unsaturated/α-hetero) is 1. The Labute approximate surface area is 100 Å². The van der Waals surface area contributed by atoms with Crippen LogP contribution in [-0.4, -0.2) is 16.9 Å². The van der Waals surface area contributed by atoms with Gasteiger partial charge in [0.15, 0.2) is 5.78 Å². The van der Waals surface area contributed by atoms with Gasteiger partial charge < -0.3 is 10.3 Å². The Morgan fingerprint density at radius 2 is 2.12 bits per heavy atom. The van der Waals surface area contributed by atoms with Crippen LogP contribution in [0.3, 0.4) is 0 Å². The SMILES string of the molecule is CC(CN)Cn1c2c(ccc1=O)C(=O)CCC2. The lowest BCUT2D eigenvalue weighted by atomic mass is 9.94. The summed E-state index contributed by atoms with van der Waals surface area (Å²) >= 11 is 0. The van der Waals surface area contributed by atoms with Crippen molar-refractivity contribution in [3.05, 3.63) is 33.7 Å². The van der Waals surface area contributed by atoms with Crippen molar-refractivity contribution in [3.8, 4) is 0 Å². The Hall–Kier alpha value is -1.42. The minimum atomic E-state index is -0.0289. The Morgan fingerprint density at radius 1 is 1.35 bits per heavy atom. The molecule has 4 heteroatoms. The van der Waals surface area contributed by atoms with E-state index in [2.05, 4.69) is 0 Å². The standard InChI is InChI=1S/C13H18N2O2/c1-9(7-14)8-15-11-3-2-4-12(16)10(11)5-6-13(15)17/h5-6,9H,2-4,7-8,14H2,1H3. The smallest absolute Gasteiger partial charge is 0.250 e. The van der Waals surface area contributed by atoms with Crippen molar-refractivity contribution < 1.29 is 4.79 Å². The second-order valence-corrected chi connectivity index (χ2v) is 4.76. The van der Waals surface area contributed by atoms with Crippen LogP contribution in [0.5, 0.6) is 0 Å². The lowest BCUT2D eigenvalue weighted by molar-refractivity contribution is 0.0970. The largest absolute Gasteiger partial charge is 0.330 e. The average Bonchev–Trinajstić information content (AvgIpc) is 2.33. The van der Waals surface area contributed by atoms with E-state index < -0.39 is 0 Å². The van der Waals surface area contributed by atoms with Crippen LogP contribution in [0, 0.1) is 5.92 Å². The van der Waals surface area contributed by atoms with Gasteiger partial charge in [0.05, 0.1) is 0 Å². The molecule has 4 nitrogen and oxygen atoms in total. The molecule has 1 aromatic heterocycles. The van der Waals surface area contributed by atoms with E-state index in [0.29, 0.717) is 19.5 Å². The molecule has 1 atom stereocenters. The molecule has 0 aromatic carbocycles. The predicted molar refractivity (Wildman–Crippen MR) is 66.2 cm³/mol. The summed E-state index contributed by atoms with van der Waals surface area (Å²) in [7, 11) is 0. The summed E-state index contributed by atoms with van der Waals surface area (Å²) in [6, 6.07) is 3.16. The molecule has 1 aliphatic carbocycles. The van der Waals surface area contributed by atoms with Crippen molar-refractivity contribution in [2.45, 2.75) is 32.7 Å². The zero-order chi connectivity index (χ0) is 12.4. The fourth-order valence-electron chi connectivity index (χ4n) is 2.28. The molecular formula is C13H18N2O2. The first-order valence-electron chi connectivity index (χ1n) is 6.09. The molecule has 1 aliphatic rings. The van der Waals surface area contributed by atoms with Crippen LogP contribution in [-0.2, 0) is 13.0 Å². The van der Waals surface area contributed by atoms with E-state index in [1.54, 1.807) is 10.6 Å². The number of aromatic nitrogens is 1. The van der Waals surface area contributed by atoms with Gasteiger partial charge in [0.2, 0.25) is 0 Å². The van der Waals surface area contributed by atoms with E-state index >= 15 is 0 Å². The molecule has 0 amide bonds. The Bertz CT molecular complexity index is 491. The Morgan fingerprint density at radius 3 is 2.82 bits per heavy atom. The minimum absolute atomic E-state index is 0.0289. The molecule has 0 aliphatic heterocycles. The van der Waals surface area contributed by atoms with Crippen molar-refractivity contribution in [1.82, 2.24) is 4.57 Å². The van der Waals surface area contributed by atoms with Gasteiger partial charge in [0.25, 0.3) is 5.56 Å². The van der Waals surface area contributed by atoms with Crippen LogP contribution in [0.1, 0.15) is 35.8 Å². The molecule has 17 heavy (non-hydrogen) atoms. The molecular weight excluding hydrogens is 216 g/mol. The molecule has 1 heterocycles. The molecule has 2 rings (SSSR count). The maximum atomic E-state index is 11.9. The van der Waals surface area contributed by atoms with Crippen LogP contribution in [0.25, 0.3) is 0 Å². The number of nitrogens with two attached hydrogens (primary N) is 1. The van der Waals surface area contributed by atoms with E-state index in [1.807, 2.05) is 6.92 Å². The fourth-order valence-corrected chi connectivity index (χ4v) is 2.28. The van der Waals surface area contributed by atoms with Gasteiger partial charge in [-0.15, -0.1) is 0 Å². The fraction of sp³-hybridized carbons (Fsp3) is 0.538. The number of carbonyl (C=O) groups excluding carboxylic acids is 1. The van der Waals surface area contributed by atoms with Crippen molar-refractivity contribution >= 4 is 5.78 Å². The highest BCUT2D eigenvalue weighted by atomic mass is 16.1. The molecule has 1 unspecified atom stereocenters. The van der Waals surface area contributed by atoms with Crippen LogP contribution in [0.15, 0.2) is 16.9 Å². The monoisotopic (exact) mass is 234 g/mol. The highest BCUT2D eigenvalue weighted by Gasteiger charge is 2.21. The van der Waals surface area contributed by atoms with E-state index in [0.717, 1.165) is 24.1 Å². The topological polar surface area (TPSA) is 65.1 Å². The number of hydrogen-bond donors (Lipinski definition) is 1. The molecule has 0 spiro atoms. The Balaban J connectivity index is 2.46. The molecule has 0 bridgehead atoms. The normalized spacial score (nSPS) is 16.7. The molecule has 0 radical (unpaired) electrons. The molecule has 0 fully saturated rings. The summed E-state index contributed by atoms with van der Waals surface area (Å²) in [4.78, 5) is 23.6. The van der Waals surface area contributed by atoms with Crippen LogP contribution >= 0.6 is 0 Å². The summed E-state index contributed by atoms with van der Waals surface area (Å²) in [5.41, 5.74) is 7.18. The zero-order valence-electron chi connectivity index (χ0n) is 10.1. The van der Waals surface area contributed by atoms with Gasteiger partial charge >= 0.3 is 0 Å². The number of carbonyl (C=O) groups is 1. The third-order valence-electron chi connectivity index (χ3n) is 3.31. The van der Waals surface area contributed by atoms with Crippen molar-refractivity contribution in [3.63, 3.8) is 0 Å². The summed E-state index contributed by atoms with van der Waals surface area (Å²) in [5.74, 6) is 0.400. The van der Waals surface area contributed by atoms with E-state index in [-0.39, 0.29) is 17.3 Å². The second-order valence-electron chi connectivity index (χ2n) is 4.76. The first-order valence-corrected chi connectivity index (χ1v) is 6.09. The summed E-state index contributed by atoms with van der Waals surface area (Å²) < 4.78 is 1.73. The lowest BCUT2D eigenvalue weighted by Crippen LogP contribution is -2.31. The molecule has 2 N–H and O–H groups in total. The predicted octanol–water partition coefficient (Wildman–Crippen LogP) is 0.962. The number of fused-ring (bicyclic) bond motifs is 1. The summed E-state index contributed by atoms with van der Waals surface area (Å²) in [6.45, 7) is 3.16. The van der Waals surface area contributed by atoms with E-state index in [9.17, 15) is 9.59 Å². The van der Waals surface area contributed by atoms with Gasteiger partial charge in [0.1, 0.15) is 0 Å². The number of rotatable bonds is 3. The van der Waals surface area contributed by atoms with Crippen LogP contribution in [0.2, 0.25) is 0 Å². The average molecular weight is 234 g/mol. The maximum Gasteiger partial charge on any atom is 0.250 e. The van der Waals surface area contributed by atoms with Gasteiger partial charge in [0, 0.05) is 30.3 Å². The number of hydrogen-bond acceptors (Lipinski definition) is 3. The van der Waals surface area contributed by atoms with E-state index in [4.69, 9.17) is 5.73 Å². The highest BCUT2D eigenvalue weighted by molar-refractivity contribution is 5.97. The highest BCUT2D eigenvalue weighted by Crippen LogP contribution is 2.20. The second kappa shape index (κ2) is 4.84. The molecule has 92 valence electrons. The first kappa shape index (κ1) is 12.0. The molecule has 0 saturated heterocycles. The molecule has 1 aromatic rings. The maximum absolute atomic E-state index is 11.9. The third-order valence-corrected chi connectivity index (χ3v) is 3.31. The van der Waals surface area contributed by atoms with Gasteiger partial charge in [-0.2, -0.15) is 0 Å². The van der Waals surface area contributed by atoms with Crippen LogP contribution < -0.4 is 11.3 Å². The summed E-state index contributed by atoms with van der Waals surface area (Å²) in [5, 5.41) is 0. The third kappa shape index (κ3) is 2.31. The number of pyridine rings is 1. The van der Waals surface area contributed by atoms with Gasteiger partial charge in [-0.25, -0.2) is 0 Å². The Kier molecular flexibility index (Phi) is 3.43. The quantitative estimate of drug-likeness (QED) is 0.847. The van der Waals surface area contributed by atoms with E-state index in [1.165, 1.54) is 6.07 Å². The minimum Gasteiger partial charge on any atom is -0.330 e. The van der Waals surface area contributed by atoms with Gasteiger partial charge in [-0.05, 0) is 31.4 Å². The zero-order valence-corrected chi connectivity index (χ0v) is 10.1. The van der Waals surface area contributed by atoms with Crippen LogP contribution in [0.4, 0.5) is 0 Å². The van der Waals surface area contributed by atoms with Crippen molar-refractivity contribution in [1.29, 1.82) is 0 Å². The summed E-state index contributed by atoms with van der Waals surface area (Å²) in [6.07, 6.45) is 2.25. The van der Waals surface area contributed by atoms with Crippen molar-refractivity contribution in [2.24, 2.45) is 11.7 Å². The number of ketones is 1. The lowest BCUT2D eigenvalue weighted by Gasteiger charge is -2.21. The molecule has 0 saturated carbocycles. The van der Waals surface area contributed by atoms with Crippen molar-refractivity contribution in [2.75, 3.05) is 6.54 Å². The first-order chi connectivity index (χ1) is 8.13. The van der Waals surface area contributed by atoms with Gasteiger partial charge in [-0.1, -0.05) is 6.92 Å².